The molecule has 0 saturated heterocycles. The maximum absolute atomic E-state index is 9.64. The lowest BCUT2D eigenvalue weighted by atomic mass is 9.98. The van der Waals surface area contributed by atoms with Crippen LogP contribution in [-0.4, -0.2) is 36.4 Å². The molecule has 2 rings (SSSR count). The topological polar surface area (TPSA) is 35.5 Å². The van der Waals surface area contributed by atoms with E-state index in [9.17, 15) is 5.11 Å². The van der Waals surface area contributed by atoms with Gasteiger partial charge in [0.1, 0.15) is 0 Å². The third-order valence-corrected chi connectivity index (χ3v) is 3.92. The molecule has 1 fully saturated rings. The van der Waals surface area contributed by atoms with E-state index < -0.39 is 0 Å². The van der Waals surface area contributed by atoms with E-state index in [1.165, 1.54) is 18.5 Å². The summed E-state index contributed by atoms with van der Waals surface area (Å²) in [6, 6.07) is 11.1. The number of rotatable bonds is 8. The summed E-state index contributed by atoms with van der Waals surface area (Å²) < 4.78 is 0. The lowest BCUT2D eigenvalue weighted by Crippen LogP contribution is -2.49. The maximum Gasteiger partial charge on any atom is 0.0611 e. The average Bonchev–Trinajstić information content (AvgIpc) is 3.24. The maximum atomic E-state index is 9.64. The molecule has 1 aliphatic rings. The minimum absolute atomic E-state index is 0.149. The first-order valence-corrected chi connectivity index (χ1v) is 7.35. The molecule has 3 heteroatoms. The number of nitrogens with zero attached hydrogens (tertiary/aromatic N) is 1. The van der Waals surface area contributed by atoms with Crippen molar-refractivity contribution in [3.05, 3.63) is 30.3 Å². The molecule has 1 saturated carbocycles. The quantitative estimate of drug-likeness (QED) is 0.755. The molecule has 1 unspecified atom stereocenters. The van der Waals surface area contributed by atoms with Crippen molar-refractivity contribution in [3.8, 4) is 0 Å². The molecule has 106 valence electrons. The van der Waals surface area contributed by atoms with Gasteiger partial charge in [-0.05, 0) is 45.2 Å². The number of aliphatic hydroxyl groups excluding tert-OH is 1. The van der Waals surface area contributed by atoms with E-state index in [0.29, 0.717) is 6.04 Å². The SMILES string of the molecule is CCN(CCC(C)(CO)NC1CC1)c1ccccc1. The van der Waals surface area contributed by atoms with E-state index in [-0.39, 0.29) is 12.1 Å². The highest BCUT2D eigenvalue weighted by Crippen LogP contribution is 2.24. The third-order valence-electron chi connectivity index (χ3n) is 3.92. The van der Waals surface area contributed by atoms with Gasteiger partial charge in [0.05, 0.1) is 6.61 Å². The Morgan fingerprint density at radius 3 is 2.53 bits per heavy atom. The average molecular weight is 262 g/mol. The molecule has 0 heterocycles. The fourth-order valence-electron chi connectivity index (χ4n) is 2.41. The van der Waals surface area contributed by atoms with E-state index >= 15 is 0 Å². The number of aliphatic hydroxyl groups is 1. The number of nitrogens with one attached hydrogen (secondary N) is 1. The zero-order valence-corrected chi connectivity index (χ0v) is 12.1. The van der Waals surface area contributed by atoms with Crippen LogP contribution >= 0.6 is 0 Å². The van der Waals surface area contributed by atoms with E-state index in [1.54, 1.807) is 0 Å². The van der Waals surface area contributed by atoms with E-state index in [4.69, 9.17) is 0 Å². The molecule has 0 bridgehead atoms. The van der Waals surface area contributed by atoms with Gasteiger partial charge in [-0.3, -0.25) is 0 Å². The fraction of sp³-hybridized carbons (Fsp3) is 0.625. The molecule has 0 amide bonds. The van der Waals surface area contributed by atoms with Crippen molar-refractivity contribution in [1.29, 1.82) is 0 Å². The van der Waals surface area contributed by atoms with Crippen molar-refractivity contribution in [1.82, 2.24) is 5.32 Å². The molecule has 19 heavy (non-hydrogen) atoms. The smallest absolute Gasteiger partial charge is 0.0611 e. The highest BCUT2D eigenvalue weighted by molar-refractivity contribution is 5.45. The van der Waals surface area contributed by atoms with Crippen LogP contribution in [0.3, 0.4) is 0 Å². The van der Waals surface area contributed by atoms with Crippen LogP contribution < -0.4 is 10.2 Å². The molecule has 0 aliphatic heterocycles. The Balaban J connectivity index is 1.91. The predicted molar refractivity (Wildman–Crippen MR) is 80.6 cm³/mol. The fourth-order valence-corrected chi connectivity index (χ4v) is 2.41. The van der Waals surface area contributed by atoms with Crippen molar-refractivity contribution < 1.29 is 5.11 Å². The van der Waals surface area contributed by atoms with Crippen LogP contribution in [0.5, 0.6) is 0 Å². The monoisotopic (exact) mass is 262 g/mol. The zero-order chi connectivity index (χ0) is 13.7. The van der Waals surface area contributed by atoms with E-state index in [0.717, 1.165) is 19.5 Å². The Kier molecular flexibility index (Phi) is 4.83. The van der Waals surface area contributed by atoms with Crippen molar-refractivity contribution in [2.45, 2.75) is 44.7 Å². The van der Waals surface area contributed by atoms with Gasteiger partial charge in [0.2, 0.25) is 0 Å². The summed E-state index contributed by atoms with van der Waals surface area (Å²) in [5.74, 6) is 0. The minimum atomic E-state index is -0.149. The Morgan fingerprint density at radius 2 is 2.00 bits per heavy atom. The molecule has 1 aliphatic carbocycles. The summed E-state index contributed by atoms with van der Waals surface area (Å²) in [6.45, 7) is 6.48. The Bertz CT molecular complexity index is 378. The molecular weight excluding hydrogens is 236 g/mol. The highest BCUT2D eigenvalue weighted by atomic mass is 16.3. The number of benzene rings is 1. The second-order valence-electron chi connectivity index (χ2n) is 5.80. The molecule has 1 aromatic rings. The van der Waals surface area contributed by atoms with Crippen molar-refractivity contribution in [2.75, 3.05) is 24.6 Å². The van der Waals surface area contributed by atoms with Gasteiger partial charge in [-0.1, -0.05) is 18.2 Å². The van der Waals surface area contributed by atoms with Gasteiger partial charge in [-0.15, -0.1) is 0 Å². The predicted octanol–water partition coefficient (Wildman–Crippen LogP) is 2.41. The first kappa shape index (κ1) is 14.4. The summed E-state index contributed by atoms with van der Waals surface area (Å²) in [5.41, 5.74) is 1.11. The van der Waals surface area contributed by atoms with Gasteiger partial charge in [-0.25, -0.2) is 0 Å². The second-order valence-corrected chi connectivity index (χ2v) is 5.80. The second kappa shape index (κ2) is 6.40. The third kappa shape index (κ3) is 4.22. The molecular formula is C16H26N2O. The van der Waals surface area contributed by atoms with Crippen molar-refractivity contribution in [2.24, 2.45) is 0 Å². The van der Waals surface area contributed by atoms with Crippen LogP contribution in [0, 0.1) is 0 Å². The lowest BCUT2D eigenvalue weighted by molar-refractivity contribution is 0.165. The molecule has 1 aromatic carbocycles. The summed E-state index contributed by atoms with van der Waals surface area (Å²) in [7, 11) is 0. The molecule has 2 N–H and O–H groups in total. The van der Waals surface area contributed by atoms with Crippen LogP contribution in [0.1, 0.15) is 33.1 Å². The van der Waals surface area contributed by atoms with Gasteiger partial charge < -0.3 is 15.3 Å². The summed E-state index contributed by atoms with van der Waals surface area (Å²) >= 11 is 0. The summed E-state index contributed by atoms with van der Waals surface area (Å²) in [6.07, 6.45) is 3.47. The number of anilines is 1. The van der Waals surface area contributed by atoms with Crippen molar-refractivity contribution >= 4 is 5.69 Å². The van der Waals surface area contributed by atoms with Gasteiger partial charge in [0, 0.05) is 30.4 Å². The van der Waals surface area contributed by atoms with Crippen LogP contribution in [0.4, 0.5) is 5.69 Å². The van der Waals surface area contributed by atoms with Gasteiger partial charge in [-0.2, -0.15) is 0 Å². The lowest BCUT2D eigenvalue weighted by Gasteiger charge is -2.32. The van der Waals surface area contributed by atoms with E-state index in [1.807, 2.05) is 6.07 Å². The van der Waals surface area contributed by atoms with E-state index in [2.05, 4.69) is 48.3 Å². The molecule has 0 spiro atoms. The van der Waals surface area contributed by atoms with Crippen molar-refractivity contribution in [3.63, 3.8) is 0 Å². The normalized spacial score (nSPS) is 18.1. The van der Waals surface area contributed by atoms with Gasteiger partial charge in [0.25, 0.3) is 0 Å². The van der Waals surface area contributed by atoms with Crippen LogP contribution in [0.2, 0.25) is 0 Å². The summed E-state index contributed by atoms with van der Waals surface area (Å²) in [4.78, 5) is 2.36. The Labute approximate surface area is 116 Å². The standard InChI is InChI=1S/C16H26N2O/c1-3-18(15-7-5-4-6-8-15)12-11-16(2,13-19)17-14-9-10-14/h4-8,14,17,19H,3,9-13H2,1-2H3. The van der Waals surface area contributed by atoms with Crippen LogP contribution in [-0.2, 0) is 0 Å². The minimum Gasteiger partial charge on any atom is -0.394 e. The number of para-hydroxylation sites is 1. The van der Waals surface area contributed by atoms with Crippen LogP contribution in [0.15, 0.2) is 30.3 Å². The van der Waals surface area contributed by atoms with Crippen LogP contribution in [0.25, 0.3) is 0 Å². The first-order valence-electron chi connectivity index (χ1n) is 7.35. The molecule has 0 aromatic heterocycles. The summed E-state index contributed by atoms with van der Waals surface area (Å²) in [5, 5.41) is 13.2. The number of hydrogen-bond donors (Lipinski definition) is 2. The largest absolute Gasteiger partial charge is 0.394 e. The Morgan fingerprint density at radius 1 is 1.32 bits per heavy atom. The van der Waals surface area contributed by atoms with Gasteiger partial charge >= 0.3 is 0 Å². The highest BCUT2D eigenvalue weighted by Gasteiger charge is 2.32. The Hall–Kier alpha value is -1.06. The zero-order valence-electron chi connectivity index (χ0n) is 12.1. The number of hydrogen-bond acceptors (Lipinski definition) is 3. The molecule has 1 atom stereocenters. The van der Waals surface area contributed by atoms with Gasteiger partial charge in [0.15, 0.2) is 0 Å². The first-order chi connectivity index (χ1) is 9.17. The molecule has 3 nitrogen and oxygen atoms in total. The molecule has 0 radical (unpaired) electrons.